The molecule has 0 aliphatic carbocycles. The number of nitrogen functional groups attached to an aromatic ring is 1. The van der Waals surface area contributed by atoms with Gasteiger partial charge in [0.25, 0.3) is 0 Å². The summed E-state index contributed by atoms with van der Waals surface area (Å²) in [5, 5.41) is 0.768. The molecule has 0 saturated heterocycles. The lowest BCUT2D eigenvalue weighted by molar-refractivity contribution is 0.618. The molecule has 0 fully saturated rings. The Kier molecular flexibility index (Phi) is 2.97. The summed E-state index contributed by atoms with van der Waals surface area (Å²) in [7, 11) is 0. The maximum Gasteiger partial charge on any atom is 0.150 e. The third-order valence-electron chi connectivity index (χ3n) is 3.47. The fraction of sp³-hybridized carbons (Fsp3) is 0.143. The van der Waals surface area contributed by atoms with Crippen LogP contribution in [0.5, 0.6) is 0 Å². The quantitative estimate of drug-likeness (QED) is 0.740. The van der Waals surface area contributed by atoms with Crippen LogP contribution in [0.25, 0.3) is 16.7 Å². The van der Waals surface area contributed by atoms with E-state index in [2.05, 4.69) is 25.9 Å². The van der Waals surface area contributed by atoms with Gasteiger partial charge in [0.1, 0.15) is 18.0 Å². The van der Waals surface area contributed by atoms with Crippen molar-refractivity contribution in [1.29, 1.82) is 0 Å². The third-order valence-corrected chi connectivity index (χ3v) is 3.96. The van der Waals surface area contributed by atoms with Crippen LogP contribution in [-0.4, -0.2) is 14.5 Å². The van der Waals surface area contributed by atoms with Crippen LogP contribution in [0.3, 0.4) is 0 Å². The van der Waals surface area contributed by atoms with Crippen LogP contribution in [-0.2, 0) is 0 Å². The van der Waals surface area contributed by atoms with Crippen LogP contribution in [0.15, 0.2) is 29.0 Å². The average Bonchev–Trinajstić information content (AvgIpc) is 2.66. The van der Waals surface area contributed by atoms with Crippen LogP contribution in [0.4, 0.5) is 10.2 Å². The molecule has 0 bridgehead atoms. The molecule has 6 heteroatoms. The topological polar surface area (TPSA) is 56.7 Å². The Balaban J connectivity index is 2.46. The van der Waals surface area contributed by atoms with E-state index in [1.54, 1.807) is 16.7 Å². The van der Waals surface area contributed by atoms with Gasteiger partial charge in [-0.25, -0.2) is 14.4 Å². The maximum atomic E-state index is 14.2. The molecule has 3 aromatic rings. The Hall–Kier alpha value is -1.95. The number of fused-ring (bicyclic) bond motifs is 1. The van der Waals surface area contributed by atoms with Crippen molar-refractivity contribution in [2.45, 2.75) is 13.8 Å². The van der Waals surface area contributed by atoms with E-state index < -0.39 is 0 Å². The predicted octanol–water partition coefficient (Wildman–Crippen LogP) is 3.52. The van der Waals surface area contributed by atoms with Crippen molar-refractivity contribution < 1.29 is 4.39 Å². The van der Waals surface area contributed by atoms with E-state index in [4.69, 9.17) is 5.73 Å². The normalized spacial score (nSPS) is 11.2. The molecule has 20 heavy (non-hydrogen) atoms. The number of rotatable bonds is 1. The minimum atomic E-state index is -0.314. The molecule has 2 aromatic heterocycles. The van der Waals surface area contributed by atoms with Gasteiger partial charge in [-0.05, 0) is 37.6 Å². The van der Waals surface area contributed by atoms with Crippen molar-refractivity contribution in [3.63, 3.8) is 0 Å². The zero-order valence-corrected chi connectivity index (χ0v) is 12.6. The summed E-state index contributed by atoms with van der Waals surface area (Å²) in [5.41, 5.74) is 8.82. The van der Waals surface area contributed by atoms with Gasteiger partial charge in [-0.15, -0.1) is 0 Å². The van der Waals surface area contributed by atoms with Gasteiger partial charge in [-0.3, -0.25) is 4.57 Å². The molecule has 0 saturated carbocycles. The number of benzene rings is 1. The highest BCUT2D eigenvalue weighted by molar-refractivity contribution is 9.10. The molecule has 0 aliphatic rings. The minimum Gasteiger partial charge on any atom is -0.383 e. The smallest absolute Gasteiger partial charge is 0.150 e. The Bertz CT molecular complexity index is 826. The van der Waals surface area contributed by atoms with Crippen molar-refractivity contribution >= 4 is 32.8 Å². The lowest BCUT2D eigenvalue weighted by Crippen LogP contribution is -2.02. The number of hydrogen-bond donors (Lipinski definition) is 1. The first-order valence-electron chi connectivity index (χ1n) is 6.04. The van der Waals surface area contributed by atoms with E-state index >= 15 is 0 Å². The molecular weight excluding hydrogens is 323 g/mol. The average molecular weight is 335 g/mol. The van der Waals surface area contributed by atoms with Gasteiger partial charge >= 0.3 is 0 Å². The van der Waals surface area contributed by atoms with E-state index in [1.165, 1.54) is 12.4 Å². The summed E-state index contributed by atoms with van der Waals surface area (Å²) in [5.74, 6) is 0.0927. The van der Waals surface area contributed by atoms with Gasteiger partial charge in [0, 0.05) is 10.2 Å². The second kappa shape index (κ2) is 4.56. The van der Waals surface area contributed by atoms with Crippen LogP contribution >= 0.6 is 15.9 Å². The summed E-state index contributed by atoms with van der Waals surface area (Å²) in [6.07, 6.45) is 1.39. The zero-order chi connectivity index (χ0) is 14.4. The van der Waals surface area contributed by atoms with Crippen molar-refractivity contribution in [1.82, 2.24) is 14.5 Å². The van der Waals surface area contributed by atoms with Gasteiger partial charge in [0.05, 0.1) is 11.1 Å². The number of anilines is 1. The van der Waals surface area contributed by atoms with Crippen LogP contribution < -0.4 is 5.73 Å². The molecule has 1 aromatic carbocycles. The van der Waals surface area contributed by atoms with Crippen molar-refractivity contribution in [2.75, 3.05) is 5.73 Å². The molecule has 102 valence electrons. The second-order valence-electron chi connectivity index (χ2n) is 4.60. The Labute approximate surface area is 123 Å². The summed E-state index contributed by atoms with van der Waals surface area (Å²) in [4.78, 5) is 8.27. The molecule has 2 heterocycles. The third kappa shape index (κ3) is 1.79. The predicted molar refractivity (Wildman–Crippen MR) is 80.4 cm³/mol. The summed E-state index contributed by atoms with van der Waals surface area (Å²) in [6.45, 7) is 3.85. The largest absolute Gasteiger partial charge is 0.383 e. The minimum absolute atomic E-state index is 0.314. The van der Waals surface area contributed by atoms with E-state index in [0.29, 0.717) is 17.2 Å². The fourth-order valence-electron chi connectivity index (χ4n) is 2.38. The number of aryl methyl sites for hydroxylation is 1. The van der Waals surface area contributed by atoms with Crippen LogP contribution in [0.1, 0.15) is 11.3 Å². The highest BCUT2D eigenvalue weighted by Crippen LogP contribution is 2.31. The summed E-state index contributed by atoms with van der Waals surface area (Å²) in [6, 6.07) is 4.81. The van der Waals surface area contributed by atoms with Gasteiger partial charge < -0.3 is 5.73 Å². The summed E-state index contributed by atoms with van der Waals surface area (Å²) >= 11 is 3.37. The number of halogens is 2. The van der Waals surface area contributed by atoms with Gasteiger partial charge in [-0.2, -0.15) is 0 Å². The molecule has 0 aliphatic heterocycles. The van der Waals surface area contributed by atoms with Crippen molar-refractivity contribution in [3.8, 4) is 5.69 Å². The Morgan fingerprint density at radius 3 is 2.75 bits per heavy atom. The highest BCUT2D eigenvalue weighted by atomic mass is 79.9. The number of nitrogens with two attached hydrogens (primary N) is 1. The molecule has 0 radical (unpaired) electrons. The maximum absolute atomic E-state index is 14.2. The first-order chi connectivity index (χ1) is 9.50. The monoisotopic (exact) mass is 334 g/mol. The lowest BCUT2D eigenvalue weighted by Gasteiger charge is -2.09. The second-order valence-corrected chi connectivity index (χ2v) is 5.51. The number of hydrogen-bond acceptors (Lipinski definition) is 3. The first-order valence-corrected chi connectivity index (χ1v) is 6.83. The van der Waals surface area contributed by atoms with E-state index in [-0.39, 0.29) is 5.82 Å². The van der Waals surface area contributed by atoms with E-state index in [9.17, 15) is 4.39 Å². The van der Waals surface area contributed by atoms with Crippen molar-refractivity contribution in [3.05, 3.63) is 46.1 Å². The van der Waals surface area contributed by atoms with Crippen LogP contribution in [0.2, 0.25) is 0 Å². The fourth-order valence-corrected chi connectivity index (χ4v) is 2.73. The van der Waals surface area contributed by atoms with Crippen LogP contribution in [0, 0.1) is 19.7 Å². The molecule has 0 amide bonds. The molecular formula is C14H12BrFN4. The SMILES string of the molecule is Cc1c(C)n(-c2cc(Br)ccc2F)c2ncnc(N)c12. The Morgan fingerprint density at radius 2 is 2.00 bits per heavy atom. The number of aromatic nitrogens is 3. The standard InChI is InChI=1S/C14H12BrFN4/c1-7-8(2)20(11-5-9(15)3-4-10(11)16)14-12(7)13(17)18-6-19-14/h3-6H,1-2H3,(H2,17,18,19). The van der Waals surface area contributed by atoms with Crippen molar-refractivity contribution in [2.24, 2.45) is 0 Å². The van der Waals surface area contributed by atoms with E-state index in [0.717, 1.165) is 21.1 Å². The molecule has 0 atom stereocenters. The molecule has 0 spiro atoms. The first kappa shape index (κ1) is 13.1. The Morgan fingerprint density at radius 1 is 1.25 bits per heavy atom. The molecule has 2 N–H and O–H groups in total. The molecule has 4 nitrogen and oxygen atoms in total. The summed E-state index contributed by atoms with van der Waals surface area (Å²) < 4.78 is 16.7. The van der Waals surface area contributed by atoms with Gasteiger partial charge in [-0.1, -0.05) is 15.9 Å². The van der Waals surface area contributed by atoms with Gasteiger partial charge in [0.2, 0.25) is 0 Å². The zero-order valence-electron chi connectivity index (χ0n) is 11.0. The highest BCUT2D eigenvalue weighted by Gasteiger charge is 2.18. The van der Waals surface area contributed by atoms with E-state index in [1.807, 2.05) is 13.8 Å². The lowest BCUT2D eigenvalue weighted by atomic mass is 10.2. The molecule has 0 unspecified atom stereocenters. The van der Waals surface area contributed by atoms with Gasteiger partial charge in [0.15, 0.2) is 5.65 Å². The molecule has 3 rings (SSSR count). The number of nitrogens with zero attached hydrogens (tertiary/aromatic N) is 3.